The highest BCUT2D eigenvalue weighted by atomic mass is 32.1. The van der Waals surface area contributed by atoms with Gasteiger partial charge < -0.3 is 5.11 Å². The van der Waals surface area contributed by atoms with Crippen molar-refractivity contribution in [2.45, 2.75) is 38.1 Å². The summed E-state index contributed by atoms with van der Waals surface area (Å²) < 4.78 is 0. The molecule has 0 saturated carbocycles. The van der Waals surface area contributed by atoms with Gasteiger partial charge in [-0.05, 0) is 44.5 Å². The van der Waals surface area contributed by atoms with Crippen LogP contribution in [0.4, 0.5) is 0 Å². The van der Waals surface area contributed by atoms with Gasteiger partial charge in [0, 0.05) is 0 Å². The first-order valence-electron chi connectivity index (χ1n) is 5.33. The summed E-state index contributed by atoms with van der Waals surface area (Å²) in [4.78, 5) is 12.9. The number of aliphatic carboxylic acids is 1. The number of likely N-dealkylation sites (tertiary alicyclic amines) is 1. The number of rotatable bonds is 6. The predicted molar refractivity (Wildman–Crippen MR) is 59.9 cm³/mol. The molecule has 1 heterocycles. The molecule has 0 aromatic heterocycles. The van der Waals surface area contributed by atoms with Crippen molar-refractivity contribution < 1.29 is 9.90 Å². The molecule has 14 heavy (non-hydrogen) atoms. The zero-order chi connectivity index (χ0) is 10.4. The molecule has 1 atom stereocenters. The maximum Gasteiger partial charge on any atom is 0.320 e. The molecule has 0 aromatic rings. The Labute approximate surface area is 90.9 Å². The first kappa shape index (κ1) is 11.9. The molecule has 4 heteroatoms. The summed E-state index contributed by atoms with van der Waals surface area (Å²) in [5.74, 6) is 0.277. The number of unbranched alkanes of at least 4 members (excludes halogenated alkanes) is 2. The van der Waals surface area contributed by atoms with Gasteiger partial charge in [0.25, 0.3) is 0 Å². The minimum absolute atomic E-state index is 0.217. The number of carboxylic acid groups (broad SMARTS) is 1. The molecule has 3 nitrogen and oxygen atoms in total. The molecule has 1 saturated heterocycles. The van der Waals surface area contributed by atoms with Crippen LogP contribution in [0, 0.1) is 0 Å². The van der Waals surface area contributed by atoms with Crippen LogP contribution in [0.15, 0.2) is 0 Å². The van der Waals surface area contributed by atoms with E-state index < -0.39 is 5.97 Å². The van der Waals surface area contributed by atoms with E-state index in [2.05, 4.69) is 17.5 Å². The third-order valence-electron chi connectivity index (χ3n) is 2.75. The van der Waals surface area contributed by atoms with Gasteiger partial charge in [-0.25, -0.2) is 0 Å². The average Bonchev–Trinajstić information content (AvgIpc) is 2.60. The standard InChI is InChI=1S/C10H19NO2S/c12-10(13)9-5-4-7-11(9)6-2-1-3-8-14/h9,14H,1-8H2,(H,12,13)/t9-/m0/s1. The summed E-state index contributed by atoms with van der Waals surface area (Å²) in [5.41, 5.74) is 0. The van der Waals surface area contributed by atoms with E-state index in [4.69, 9.17) is 5.11 Å². The van der Waals surface area contributed by atoms with Gasteiger partial charge in [0.1, 0.15) is 6.04 Å². The maximum atomic E-state index is 10.8. The van der Waals surface area contributed by atoms with Crippen LogP contribution in [0.5, 0.6) is 0 Å². The first-order valence-corrected chi connectivity index (χ1v) is 5.96. The highest BCUT2D eigenvalue weighted by molar-refractivity contribution is 7.80. The van der Waals surface area contributed by atoms with Gasteiger partial charge in [-0.15, -0.1) is 0 Å². The van der Waals surface area contributed by atoms with Gasteiger partial charge in [-0.2, -0.15) is 12.6 Å². The summed E-state index contributed by atoms with van der Waals surface area (Å²) in [6.07, 6.45) is 5.25. The molecule has 1 fully saturated rings. The fourth-order valence-electron chi connectivity index (χ4n) is 1.98. The lowest BCUT2D eigenvalue weighted by atomic mass is 10.2. The normalized spacial score (nSPS) is 22.8. The fraction of sp³-hybridized carbons (Fsp3) is 0.900. The second-order valence-corrected chi connectivity index (χ2v) is 4.26. The van der Waals surface area contributed by atoms with Crippen molar-refractivity contribution in [2.75, 3.05) is 18.8 Å². The molecule has 0 unspecified atom stereocenters. The monoisotopic (exact) mass is 217 g/mol. The van der Waals surface area contributed by atoms with Crippen LogP contribution in [0.1, 0.15) is 32.1 Å². The van der Waals surface area contributed by atoms with Crippen molar-refractivity contribution in [3.05, 3.63) is 0 Å². The van der Waals surface area contributed by atoms with E-state index in [-0.39, 0.29) is 6.04 Å². The summed E-state index contributed by atoms with van der Waals surface area (Å²) >= 11 is 4.15. The van der Waals surface area contributed by atoms with E-state index in [0.29, 0.717) is 0 Å². The third-order valence-corrected chi connectivity index (χ3v) is 3.07. The van der Waals surface area contributed by atoms with Crippen LogP contribution in [0.3, 0.4) is 0 Å². The second kappa shape index (κ2) is 6.30. The Bertz CT molecular complexity index is 187. The molecule has 0 aromatic carbocycles. The number of carboxylic acids is 1. The lowest BCUT2D eigenvalue weighted by Gasteiger charge is -2.20. The molecule has 0 bridgehead atoms. The van der Waals surface area contributed by atoms with Crippen molar-refractivity contribution in [1.82, 2.24) is 4.90 Å². The summed E-state index contributed by atoms with van der Waals surface area (Å²) in [6, 6.07) is -0.217. The SMILES string of the molecule is O=C(O)[C@@H]1CCCN1CCCCCS. The Balaban J connectivity index is 2.19. The Morgan fingerprint density at radius 3 is 2.86 bits per heavy atom. The zero-order valence-electron chi connectivity index (χ0n) is 8.48. The summed E-state index contributed by atoms with van der Waals surface area (Å²) in [5, 5.41) is 8.93. The van der Waals surface area contributed by atoms with Crippen molar-refractivity contribution in [3.63, 3.8) is 0 Å². The van der Waals surface area contributed by atoms with Crippen molar-refractivity contribution in [1.29, 1.82) is 0 Å². The van der Waals surface area contributed by atoms with Gasteiger partial charge in [0.2, 0.25) is 0 Å². The molecule has 0 amide bonds. The zero-order valence-corrected chi connectivity index (χ0v) is 9.38. The molecular weight excluding hydrogens is 198 g/mol. The van der Waals surface area contributed by atoms with Crippen LogP contribution >= 0.6 is 12.6 Å². The lowest BCUT2D eigenvalue weighted by molar-refractivity contribution is -0.142. The van der Waals surface area contributed by atoms with Crippen LogP contribution in [-0.4, -0.2) is 40.9 Å². The fourth-order valence-corrected chi connectivity index (χ4v) is 2.20. The molecule has 1 aliphatic heterocycles. The quantitative estimate of drug-likeness (QED) is 0.525. The molecule has 1 N–H and O–H groups in total. The van der Waals surface area contributed by atoms with Gasteiger partial charge >= 0.3 is 5.97 Å². The van der Waals surface area contributed by atoms with Gasteiger partial charge in [-0.1, -0.05) is 6.42 Å². The Morgan fingerprint density at radius 2 is 2.21 bits per heavy atom. The number of hydrogen-bond acceptors (Lipinski definition) is 3. The van der Waals surface area contributed by atoms with Crippen LogP contribution in [0.2, 0.25) is 0 Å². The molecule has 0 aliphatic carbocycles. The van der Waals surface area contributed by atoms with E-state index in [1.807, 2.05) is 0 Å². The number of hydrogen-bond donors (Lipinski definition) is 2. The third kappa shape index (κ3) is 3.50. The van der Waals surface area contributed by atoms with Crippen molar-refractivity contribution >= 4 is 18.6 Å². The predicted octanol–water partition coefficient (Wildman–Crippen LogP) is 1.64. The average molecular weight is 217 g/mol. The first-order chi connectivity index (χ1) is 6.75. The minimum atomic E-state index is -0.656. The maximum absolute atomic E-state index is 10.8. The molecule has 0 spiro atoms. The van der Waals surface area contributed by atoms with E-state index in [9.17, 15) is 4.79 Å². The van der Waals surface area contributed by atoms with E-state index >= 15 is 0 Å². The Hall–Kier alpha value is -0.220. The highest BCUT2D eigenvalue weighted by Crippen LogP contribution is 2.17. The number of thiol groups is 1. The molecule has 82 valence electrons. The van der Waals surface area contributed by atoms with E-state index in [1.54, 1.807) is 0 Å². The van der Waals surface area contributed by atoms with Crippen molar-refractivity contribution in [2.24, 2.45) is 0 Å². The van der Waals surface area contributed by atoms with Crippen molar-refractivity contribution in [3.8, 4) is 0 Å². The number of nitrogens with zero attached hydrogens (tertiary/aromatic N) is 1. The van der Waals surface area contributed by atoms with E-state index in [1.165, 1.54) is 0 Å². The largest absolute Gasteiger partial charge is 0.480 e. The molecular formula is C10H19NO2S. The topological polar surface area (TPSA) is 40.5 Å². The Morgan fingerprint density at radius 1 is 1.43 bits per heavy atom. The Kier molecular flexibility index (Phi) is 5.33. The second-order valence-electron chi connectivity index (χ2n) is 3.82. The lowest BCUT2D eigenvalue weighted by Crippen LogP contribution is -2.36. The number of carbonyl (C=O) groups is 1. The van der Waals surface area contributed by atoms with Gasteiger partial charge in [0.05, 0.1) is 0 Å². The minimum Gasteiger partial charge on any atom is -0.480 e. The van der Waals surface area contributed by atoms with Gasteiger partial charge in [-0.3, -0.25) is 9.69 Å². The highest BCUT2D eigenvalue weighted by Gasteiger charge is 2.29. The summed E-state index contributed by atoms with van der Waals surface area (Å²) in [6.45, 7) is 1.89. The molecule has 0 radical (unpaired) electrons. The smallest absolute Gasteiger partial charge is 0.320 e. The van der Waals surface area contributed by atoms with Gasteiger partial charge in [0.15, 0.2) is 0 Å². The van der Waals surface area contributed by atoms with Crippen LogP contribution in [-0.2, 0) is 4.79 Å². The molecule has 1 rings (SSSR count). The summed E-state index contributed by atoms with van der Waals surface area (Å²) in [7, 11) is 0. The molecule has 1 aliphatic rings. The van der Waals surface area contributed by atoms with Crippen LogP contribution in [0.25, 0.3) is 0 Å². The van der Waals surface area contributed by atoms with Crippen LogP contribution < -0.4 is 0 Å². The van der Waals surface area contributed by atoms with E-state index in [0.717, 1.165) is 50.9 Å².